The Bertz CT molecular complexity index is 251. The zero-order valence-electron chi connectivity index (χ0n) is 13.3. The van der Waals surface area contributed by atoms with Crippen LogP contribution in [0.2, 0.25) is 0 Å². The van der Waals surface area contributed by atoms with Gasteiger partial charge in [-0.15, -0.1) is 0 Å². The van der Waals surface area contributed by atoms with Crippen LogP contribution in [-0.2, 0) is 4.79 Å². The SMILES string of the molecule is CSC(C)CCNC(=O)CCC(CCN)C(C)(C)C. The number of hydrogen-bond donors (Lipinski definition) is 2. The van der Waals surface area contributed by atoms with E-state index in [1.165, 1.54) is 0 Å². The molecule has 0 aromatic rings. The van der Waals surface area contributed by atoms with Gasteiger partial charge in [0.2, 0.25) is 5.91 Å². The van der Waals surface area contributed by atoms with Gasteiger partial charge < -0.3 is 11.1 Å². The van der Waals surface area contributed by atoms with E-state index >= 15 is 0 Å². The Balaban J connectivity index is 3.92. The minimum atomic E-state index is 0.180. The number of amides is 1. The van der Waals surface area contributed by atoms with Gasteiger partial charge in [0, 0.05) is 18.2 Å². The van der Waals surface area contributed by atoms with Crippen molar-refractivity contribution >= 4 is 17.7 Å². The molecule has 0 rings (SSSR count). The van der Waals surface area contributed by atoms with Crippen LogP contribution in [0.1, 0.15) is 53.4 Å². The lowest BCUT2D eigenvalue weighted by molar-refractivity contribution is -0.121. The van der Waals surface area contributed by atoms with E-state index in [2.05, 4.69) is 39.3 Å². The van der Waals surface area contributed by atoms with Crippen LogP contribution in [0.15, 0.2) is 0 Å². The first-order valence-electron chi connectivity index (χ1n) is 7.30. The first kappa shape index (κ1) is 18.8. The van der Waals surface area contributed by atoms with E-state index in [4.69, 9.17) is 5.73 Å². The summed E-state index contributed by atoms with van der Waals surface area (Å²) in [5.74, 6) is 0.702. The molecule has 0 aliphatic rings. The van der Waals surface area contributed by atoms with Gasteiger partial charge in [-0.05, 0) is 43.4 Å². The number of carbonyl (C=O) groups excluding carboxylic acids is 1. The van der Waals surface area contributed by atoms with E-state index in [1.807, 2.05) is 11.8 Å². The van der Waals surface area contributed by atoms with Crippen molar-refractivity contribution in [3.05, 3.63) is 0 Å². The molecule has 2 unspecified atom stereocenters. The predicted molar refractivity (Wildman–Crippen MR) is 86.5 cm³/mol. The maximum Gasteiger partial charge on any atom is 0.220 e. The maximum absolute atomic E-state index is 11.8. The molecule has 3 nitrogen and oxygen atoms in total. The van der Waals surface area contributed by atoms with Gasteiger partial charge in [-0.1, -0.05) is 27.7 Å². The molecule has 0 aliphatic carbocycles. The molecule has 1 amide bonds. The first-order chi connectivity index (χ1) is 8.81. The van der Waals surface area contributed by atoms with Gasteiger partial charge >= 0.3 is 0 Å². The van der Waals surface area contributed by atoms with Crippen LogP contribution in [0.25, 0.3) is 0 Å². The standard InChI is InChI=1S/C15H32N2OS/c1-12(19-5)9-11-17-14(18)7-6-13(8-10-16)15(2,3)4/h12-13H,6-11,16H2,1-5H3,(H,17,18). The molecule has 0 saturated carbocycles. The number of hydrogen-bond acceptors (Lipinski definition) is 3. The van der Waals surface area contributed by atoms with Gasteiger partial charge in [-0.25, -0.2) is 0 Å². The fraction of sp³-hybridized carbons (Fsp3) is 0.933. The Labute approximate surface area is 123 Å². The highest BCUT2D eigenvalue weighted by Crippen LogP contribution is 2.31. The van der Waals surface area contributed by atoms with Gasteiger partial charge in [-0.3, -0.25) is 4.79 Å². The number of nitrogens with one attached hydrogen (secondary N) is 1. The lowest BCUT2D eigenvalue weighted by Gasteiger charge is -2.30. The maximum atomic E-state index is 11.8. The third-order valence-corrected chi connectivity index (χ3v) is 4.78. The van der Waals surface area contributed by atoms with Crippen LogP contribution >= 0.6 is 11.8 Å². The summed E-state index contributed by atoms with van der Waals surface area (Å²) in [7, 11) is 0. The number of rotatable bonds is 9. The molecule has 0 aromatic carbocycles. The monoisotopic (exact) mass is 288 g/mol. The van der Waals surface area contributed by atoms with Gasteiger partial charge in [0.15, 0.2) is 0 Å². The van der Waals surface area contributed by atoms with Crippen LogP contribution in [0.5, 0.6) is 0 Å². The van der Waals surface area contributed by atoms with Crippen LogP contribution in [0.4, 0.5) is 0 Å². The third-order valence-electron chi connectivity index (χ3n) is 3.74. The van der Waals surface area contributed by atoms with Crippen molar-refractivity contribution in [2.24, 2.45) is 17.1 Å². The van der Waals surface area contributed by atoms with Crippen molar-refractivity contribution < 1.29 is 4.79 Å². The average molecular weight is 289 g/mol. The quantitative estimate of drug-likeness (QED) is 0.685. The normalized spacial score (nSPS) is 15.1. The van der Waals surface area contributed by atoms with Crippen molar-refractivity contribution in [2.45, 2.75) is 58.6 Å². The van der Waals surface area contributed by atoms with Gasteiger partial charge in [0.25, 0.3) is 0 Å². The second-order valence-electron chi connectivity index (χ2n) is 6.36. The Morgan fingerprint density at radius 3 is 2.37 bits per heavy atom. The third kappa shape index (κ3) is 9.33. The Morgan fingerprint density at radius 2 is 1.89 bits per heavy atom. The second-order valence-corrected chi connectivity index (χ2v) is 7.64. The summed E-state index contributed by atoms with van der Waals surface area (Å²) in [6, 6.07) is 0. The topological polar surface area (TPSA) is 55.1 Å². The van der Waals surface area contributed by atoms with Crippen LogP contribution in [0.3, 0.4) is 0 Å². The van der Waals surface area contributed by atoms with Crippen molar-refractivity contribution in [1.29, 1.82) is 0 Å². The van der Waals surface area contributed by atoms with Crippen molar-refractivity contribution in [2.75, 3.05) is 19.3 Å². The highest BCUT2D eigenvalue weighted by molar-refractivity contribution is 7.99. The minimum Gasteiger partial charge on any atom is -0.356 e. The molecule has 0 heterocycles. The second kappa shape index (κ2) is 9.65. The fourth-order valence-electron chi connectivity index (χ4n) is 2.14. The lowest BCUT2D eigenvalue weighted by atomic mass is 9.76. The van der Waals surface area contributed by atoms with E-state index in [1.54, 1.807) is 0 Å². The molecule has 0 fully saturated rings. The molecule has 4 heteroatoms. The lowest BCUT2D eigenvalue weighted by Crippen LogP contribution is -2.29. The molecule has 0 saturated heterocycles. The van der Waals surface area contributed by atoms with Crippen molar-refractivity contribution in [1.82, 2.24) is 5.32 Å². The molecule has 3 N–H and O–H groups in total. The van der Waals surface area contributed by atoms with Crippen LogP contribution in [0, 0.1) is 11.3 Å². The molecule has 0 aromatic heterocycles. The molecule has 0 bridgehead atoms. The summed E-state index contributed by atoms with van der Waals surface area (Å²) >= 11 is 1.84. The van der Waals surface area contributed by atoms with E-state index in [0.29, 0.717) is 24.1 Å². The van der Waals surface area contributed by atoms with Gasteiger partial charge in [0.05, 0.1) is 0 Å². The molecule has 0 spiro atoms. The molecule has 114 valence electrons. The zero-order chi connectivity index (χ0) is 14.9. The summed E-state index contributed by atoms with van der Waals surface area (Å²) in [4.78, 5) is 11.8. The summed E-state index contributed by atoms with van der Waals surface area (Å²) in [6.07, 6.45) is 5.70. The van der Waals surface area contributed by atoms with E-state index in [0.717, 1.165) is 25.8 Å². The zero-order valence-corrected chi connectivity index (χ0v) is 14.1. The summed E-state index contributed by atoms with van der Waals surface area (Å²) in [5, 5.41) is 3.62. The number of thioether (sulfide) groups is 1. The summed E-state index contributed by atoms with van der Waals surface area (Å²) in [5.41, 5.74) is 5.89. The summed E-state index contributed by atoms with van der Waals surface area (Å²) < 4.78 is 0. The highest BCUT2D eigenvalue weighted by Gasteiger charge is 2.24. The summed E-state index contributed by atoms with van der Waals surface area (Å²) in [6.45, 7) is 10.4. The molecule has 19 heavy (non-hydrogen) atoms. The molecular weight excluding hydrogens is 256 g/mol. The van der Waals surface area contributed by atoms with Gasteiger partial charge in [0.1, 0.15) is 0 Å². The largest absolute Gasteiger partial charge is 0.356 e. The van der Waals surface area contributed by atoms with Gasteiger partial charge in [-0.2, -0.15) is 11.8 Å². The Morgan fingerprint density at radius 1 is 1.26 bits per heavy atom. The van der Waals surface area contributed by atoms with E-state index in [9.17, 15) is 4.79 Å². The Kier molecular flexibility index (Phi) is 9.54. The molecule has 0 aliphatic heterocycles. The molecule has 0 radical (unpaired) electrons. The van der Waals surface area contributed by atoms with E-state index in [-0.39, 0.29) is 11.3 Å². The van der Waals surface area contributed by atoms with E-state index < -0.39 is 0 Å². The highest BCUT2D eigenvalue weighted by atomic mass is 32.2. The smallest absolute Gasteiger partial charge is 0.220 e. The molecule has 2 atom stereocenters. The first-order valence-corrected chi connectivity index (χ1v) is 8.59. The predicted octanol–water partition coefficient (Wildman–Crippen LogP) is 3.04. The minimum absolute atomic E-state index is 0.180. The van der Waals surface area contributed by atoms with Crippen LogP contribution in [-0.4, -0.2) is 30.5 Å². The number of carbonyl (C=O) groups is 1. The number of nitrogens with two attached hydrogens (primary N) is 1. The Hall–Kier alpha value is -0.220. The van der Waals surface area contributed by atoms with Crippen molar-refractivity contribution in [3.63, 3.8) is 0 Å². The molecular formula is C15H32N2OS. The average Bonchev–Trinajstić information content (AvgIpc) is 2.32. The van der Waals surface area contributed by atoms with Crippen molar-refractivity contribution in [3.8, 4) is 0 Å². The fourth-order valence-corrected chi connectivity index (χ4v) is 2.49. The van der Waals surface area contributed by atoms with Crippen LogP contribution < -0.4 is 11.1 Å².